The van der Waals surface area contributed by atoms with Crippen LogP contribution in [0.1, 0.15) is 25.7 Å². The highest BCUT2D eigenvalue weighted by Crippen LogP contribution is 2.07. The Kier molecular flexibility index (Phi) is 5.80. The first-order valence-corrected chi connectivity index (χ1v) is 9.41. The lowest BCUT2D eigenvalue weighted by Crippen LogP contribution is -2.39. The monoisotopic (exact) mass is 242 g/mol. The minimum Gasteiger partial charge on any atom is -0.120 e. The topological polar surface area (TPSA) is 0 Å². The number of terminal acetylenes is 1. The van der Waals surface area contributed by atoms with E-state index in [9.17, 15) is 0 Å². The molecule has 0 saturated heterocycles. The van der Waals surface area contributed by atoms with Crippen molar-refractivity contribution in [3.63, 3.8) is 0 Å². The van der Waals surface area contributed by atoms with Gasteiger partial charge in [-0.2, -0.15) is 0 Å². The molecule has 0 aliphatic carbocycles. The van der Waals surface area contributed by atoms with Crippen LogP contribution in [-0.4, -0.2) is 8.07 Å². The van der Waals surface area contributed by atoms with Gasteiger partial charge >= 0.3 is 0 Å². The first-order chi connectivity index (χ1) is 8.17. The van der Waals surface area contributed by atoms with Crippen molar-refractivity contribution in [1.29, 1.82) is 0 Å². The maximum Gasteiger partial charge on any atom is 0.103 e. The minimum atomic E-state index is -1.37. The van der Waals surface area contributed by atoms with Gasteiger partial charge in [-0.05, 0) is 19.3 Å². The van der Waals surface area contributed by atoms with Crippen molar-refractivity contribution >= 4 is 13.3 Å². The Morgan fingerprint density at radius 1 is 1.18 bits per heavy atom. The average Bonchev–Trinajstić information content (AvgIpc) is 2.35. The Labute approximate surface area is 107 Å². The summed E-state index contributed by atoms with van der Waals surface area (Å²) in [7, 11) is -1.37. The van der Waals surface area contributed by atoms with Gasteiger partial charge in [0.2, 0.25) is 0 Å². The smallest absolute Gasteiger partial charge is 0.103 e. The van der Waals surface area contributed by atoms with E-state index in [-0.39, 0.29) is 0 Å². The fraction of sp³-hybridized carbons (Fsp3) is 0.375. The first-order valence-electron chi connectivity index (χ1n) is 6.33. The van der Waals surface area contributed by atoms with Gasteiger partial charge in [0.05, 0.1) is 0 Å². The summed E-state index contributed by atoms with van der Waals surface area (Å²) in [5, 5.41) is 1.50. The quantitative estimate of drug-likeness (QED) is 0.403. The van der Waals surface area contributed by atoms with Crippen LogP contribution in [-0.2, 0) is 0 Å². The summed E-state index contributed by atoms with van der Waals surface area (Å²) in [6.07, 6.45) is 12.0. The molecule has 0 saturated carbocycles. The Morgan fingerprint density at radius 2 is 1.88 bits per heavy atom. The molecule has 0 aliphatic heterocycles. The number of benzene rings is 1. The Bertz CT molecular complexity index is 382. The predicted octanol–water partition coefficient (Wildman–Crippen LogP) is 3.89. The van der Waals surface area contributed by atoms with E-state index in [1.807, 2.05) is 0 Å². The molecular weight excluding hydrogens is 220 g/mol. The van der Waals surface area contributed by atoms with Crippen LogP contribution in [0, 0.1) is 12.3 Å². The van der Waals surface area contributed by atoms with Gasteiger partial charge in [-0.25, -0.2) is 0 Å². The second-order valence-corrected chi connectivity index (χ2v) is 9.29. The summed E-state index contributed by atoms with van der Waals surface area (Å²) < 4.78 is 0. The van der Waals surface area contributed by atoms with Crippen molar-refractivity contribution in [1.82, 2.24) is 0 Å². The van der Waals surface area contributed by atoms with Crippen LogP contribution >= 0.6 is 0 Å². The number of hydrogen-bond donors (Lipinski definition) is 0. The Morgan fingerprint density at radius 3 is 2.53 bits per heavy atom. The summed E-state index contributed by atoms with van der Waals surface area (Å²) in [5.41, 5.74) is 2.44. The maximum absolute atomic E-state index is 5.23. The van der Waals surface area contributed by atoms with Crippen LogP contribution in [0.25, 0.3) is 0 Å². The van der Waals surface area contributed by atoms with Gasteiger partial charge in [-0.3, -0.25) is 0 Å². The molecular formula is C16H22Si. The van der Waals surface area contributed by atoms with E-state index >= 15 is 0 Å². The van der Waals surface area contributed by atoms with E-state index in [2.05, 4.69) is 61.1 Å². The molecule has 0 radical (unpaired) electrons. The summed E-state index contributed by atoms with van der Waals surface area (Å²) in [6.45, 7) is 4.78. The highest BCUT2D eigenvalue weighted by molar-refractivity contribution is 6.93. The molecule has 0 unspecified atom stereocenters. The number of allylic oxidation sites excluding steroid dienone is 1. The van der Waals surface area contributed by atoms with Crippen molar-refractivity contribution in [2.45, 2.75) is 38.8 Å². The van der Waals surface area contributed by atoms with Crippen LogP contribution in [0.5, 0.6) is 0 Å². The molecule has 90 valence electrons. The zero-order valence-electron chi connectivity index (χ0n) is 10.9. The molecule has 0 amide bonds. The highest BCUT2D eigenvalue weighted by atomic mass is 28.3. The molecule has 0 aromatic heterocycles. The molecule has 1 aromatic carbocycles. The third-order valence-electron chi connectivity index (χ3n) is 2.99. The minimum absolute atomic E-state index is 0.910. The SMILES string of the molecule is C#CCCCC/C=C/[Si](C)(C)c1ccccc1. The van der Waals surface area contributed by atoms with Gasteiger partial charge in [-0.15, -0.1) is 12.3 Å². The van der Waals surface area contributed by atoms with Crippen molar-refractivity contribution in [2.75, 3.05) is 0 Å². The Hall–Kier alpha value is -1.26. The molecule has 0 heterocycles. The second kappa shape index (κ2) is 7.14. The second-order valence-electron chi connectivity index (χ2n) is 4.94. The lowest BCUT2D eigenvalue weighted by Gasteiger charge is -2.18. The van der Waals surface area contributed by atoms with Gasteiger partial charge in [0.1, 0.15) is 8.07 Å². The van der Waals surface area contributed by atoms with Crippen LogP contribution in [0.2, 0.25) is 13.1 Å². The van der Waals surface area contributed by atoms with Crippen LogP contribution in [0.4, 0.5) is 0 Å². The molecule has 0 spiro atoms. The standard InChI is InChI=1S/C16H22Si/c1-4-5-6-7-8-12-15-17(2,3)16-13-10-9-11-14-16/h1,9-15H,5-8H2,2-3H3/b15-12+. The van der Waals surface area contributed by atoms with E-state index in [0.717, 1.165) is 19.3 Å². The summed E-state index contributed by atoms with van der Waals surface area (Å²) in [5.74, 6) is 2.69. The average molecular weight is 242 g/mol. The van der Waals surface area contributed by atoms with Gasteiger partial charge < -0.3 is 0 Å². The van der Waals surface area contributed by atoms with Crippen LogP contribution in [0.15, 0.2) is 42.1 Å². The van der Waals surface area contributed by atoms with Gasteiger partial charge in [0.25, 0.3) is 0 Å². The lowest BCUT2D eigenvalue weighted by molar-refractivity contribution is 0.772. The molecule has 0 nitrogen and oxygen atoms in total. The van der Waals surface area contributed by atoms with Crippen LogP contribution in [0.3, 0.4) is 0 Å². The zero-order valence-corrected chi connectivity index (χ0v) is 11.9. The lowest BCUT2D eigenvalue weighted by atomic mass is 10.2. The zero-order chi connectivity index (χ0) is 12.6. The molecule has 0 bridgehead atoms. The van der Waals surface area contributed by atoms with E-state index in [4.69, 9.17) is 6.42 Å². The Balaban J connectivity index is 2.44. The molecule has 0 fully saturated rings. The van der Waals surface area contributed by atoms with Gasteiger partial charge in [-0.1, -0.05) is 60.4 Å². The first kappa shape index (κ1) is 13.8. The molecule has 17 heavy (non-hydrogen) atoms. The van der Waals surface area contributed by atoms with Crippen molar-refractivity contribution in [3.8, 4) is 12.3 Å². The van der Waals surface area contributed by atoms with E-state index in [1.54, 1.807) is 0 Å². The summed E-state index contributed by atoms with van der Waals surface area (Å²) in [6, 6.07) is 10.8. The molecule has 0 atom stereocenters. The third-order valence-corrected chi connectivity index (χ3v) is 5.88. The maximum atomic E-state index is 5.23. The summed E-state index contributed by atoms with van der Waals surface area (Å²) in [4.78, 5) is 0. The largest absolute Gasteiger partial charge is 0.120 e. The van der Waals surface area contributed by atoms with E-state index in [1.165, 1.54) is 11.6 Å². The fourth-order valence-electron chi connectivity index (χ4n) is 1.83. The highest BCUT2D eigenvalue weighted by Gasteiger charge is 2.18. The van der Waals surface area contributed by atoms with Gasteiger partial charge in [0, 0.05) is 6.42 Å². The summed E-state index contributed by atoms with van der Waals surface area (Å²) >= 11 is 0. The van der Waals surface area contributed by atoms with Crippen molar-refractivity contribution in [2.24, 2.45) is 0 Å². The fourth-order valence-corrected chi connectivity index (χ4v) is 3.83. The molecule has 0 aliphatic rings. The van der Waals surface area contributed by atoms with E-state index in [0.29, 0.717) is 0 Å². The predicted molar refractivity (Wildman–Crippen MR) is 80.0 cm³/mol. The normalized spacial score (nSPS) is 11.6. The molecule has 1 rings (SSSR count). The molecule has 1 aromatic rings. The van der Waals surface area contributed by atoms with Crippen molar-refractivity contribution < 1.29 is 0 Å². The number of rotatable bonds is 6. The van der Waals surface area contributed by atoms with Crippen LogP contribution < -0.4 is 5.19 Å². The number of hydrogen-bond acceptors (Lipinski definition) is 0. The van der Waals surface area contributed by atoms with E-state index < -0.39 is 8.07 Å². The molecule has 1 heteroatoms. The van der Waals surface area contributed by atoms with Crippen molar-refractivity contribution in [3.05, 3.63) is 42.1 Å². The number of unbranched alkanes of at least 4 members (excludes halogenated alkanes) is 3. The van der Waals surface area contributed by atoms with Gasteiger partial charge in [0.15, 0.2) is 0 Å². The third kappa shape index (κ3) is 5.06. The molecule has 0 N–H and O–H groups in total.